The van der Waals surface area contributed by atoms with Gasteiger partial charge in [-0.2, -0.15) is 0 Å². The third kappa shape index (κ3) is 7.10. The van der Waals surface area contributed by atoms with E-state index in [0.29, 0.717) is 25.3 Å². The Morgan fingerprint density at radius 2 is 1.87 bits per heavy atom. The molecule has 4 aromatic rings. The second-order valence-corrected chi connectivity index (χ2v) is 13.2. The van der Waals surface area contributed by atoms with Gasteiger partial charge in [0.15, 0.2) is 5.82 Å². The highest BCUT2D eigenvalue weighted by atomic mass is 32.1. The van der Waals surface area contributed by atoms with E-state index >= 15 is 0 Å². The Hall–Kier alpha value is -4.51. The molecular weight excluding hydrogens is 611 g/mol. The summed E-state index contributed by atoms with van der Waals surface area (Å²) < 4.78 is 4.74. The van der Waals surface area contributed by atoms with Gasteiger partial charge in [-0.3, -0.25) is 24.2 Å². The molecular formula is C36H41N7O3S. The second-order valence-electron chi connectivity index (χ2n) is 12.8. The third-order valence-electron chi connectivity index (χ3n) is 9.07. The van der Waals surface area contributed by atoms with Crippen LogP contribution in [0.3, 0.4) is 0 Å². The molecule has 244 valence electrons. The first-order valence-corrected chi connectivity index (χ1v) is 16.8. The Morgan fingerprint density at radius 3 is 2.57 bits per heavy atom. The number of carbonyl (C=O) groups is 1. The standard InChI is InChI=1S/C36H41N7O3S/c1-5-6-11-31-39-33(22(2)3)29(18-32(47)42-17-16-30-26(21-42)19-37-23(4)38-30)35(44)43(31)20-24-12-14-25(15-13-24)27-9-7-8-10-28(27)34-40-36(45)46-41-34/h7-10,12-15,19,22,29,33H,5-6,11,16-18,20-21H2,1-4H3,(H,40,41,45). The van der Waals surface area contributed by atoms with E-state index in [2.05, 4.69) is 45.8 Å². The molecule has 6 rings (SSSR count). The minimum atomic E-state index is -0.596. The number of nitrogens with zero attached hydrogens (tertiary/aromatic N) is 6. The van der Waals surface area contributed by atoms with E-state index in [-0.39, 0.29) is 23.8 Å². The topological polar surface area (TPSA) is 121 Å². The van der Waals surface area contributed by atoms with Crippen LogP contribution in [0, 0.1) is 18.8 Å². The Kier molecular flexibility index (Phi) is 9.72. The maximum absolute atomic E-state index is 14.5. The van der Waals surface area contributed by atoms with E-state index in [1.807, 2.05) is 66.6 Å². The van der Waals surface area contributed by atoms with E-state index in [9.17, 15) is 9.59 Å². The molecule has 2 aliphatic heterocycles. The van der Waals surface area contributed by atoms with E-state index in [4.69, 9.17) is 21.7 Å². The minimum absolute atomic E-state index is 0.0907. The number of fused-ring (bicyclic) bond motifs is 1. The Labute approximate surface area is 280 Å². The molecule has 2 aliphatic rings. The van der Waals surface area contributed by atoms with Crippen molar-refractivity contribution < 1.29 is 9.32 Å². The zero-order valence-corrected chi connectivity index (χ0v) is 28.2. The number of aromatic nitrogens is 4. The fraction of sp³-hybridized carbons (Fsp3) is 0.417. The monoisotopic (exact) mass is 651 g/mol. The van der Waals surface area contributed by atoms with Crippen LogP contribution in [0.4, 0.5) is 0 Å². The molecule has 0 aliphatic carbocycles. The normalized spacial score (nSPS) is 18.0. The summed E-state index contributed by atoms with van der Waals surface area (Å²) in [6, 6.07) is 15.7. The van der Waals surface area contributed by atoms with Gasteiger partial charge in [-0.05, 0) is 36.0 Å². The summed E-state index contributed by atoms with van der Waals surface area (Å²) >= 11 is 6.01. The van der Waals surface area contributed by atoms with Crippen molar-refractivity contribution in [2.24, 2.45) is 16.8 Å². The van der Waals surface area contributed by atoms with Gasteiger partial charge in [0, 0.05) is 49.7 Å². The van der Waals surface area contributed by atoms with Crippen LogP contribution in [0.1, 0.15) is 69.1 Å². The number of carbonyl (C=O) groups excluding carboxylic acids is 1. The third-order valence-corrected chi connectivity index (χ3v) is 9.50. The fourth-order valence-electron chi connectivity index (χ4n) is 6.54. The molecule has 0 spiro atoms. The molecule has 0 radical (unpaired) electrons. The van der Waals surface area contributed by atoms with Crippen molar-refractivity contribution >= 4 is 28.9 Å². The molecule has 2 aromatic heterocycles. The SMILES string of the molecule is CCCCC1=NC(C(C)C)C(CC(=S)N2CCc3nc(C)ncc3C2)C(=O)N1Cc1ccc(-c2ccccc2-c2noc(=O)[nH]2)cc1. The van der Waals surface area contributed by atoms with E-state index in [1.165, 1.54) is 0 Å². The van der Waals surface area contributed by atoms with Gasteiger partial charge in [-0.25, -0.2) is 14.8 Å². The predicted molar refractivity (Wildman–Crippen MR) is 186 cm³/mol. The second kappa shape index (κ2) is 14.1. The first kappa shape index (κ1) is 32.4. The molecule has 0 fully saturated rings. The number of aryl methyl sites for hydroxylation is 1. The fourth-order valence-corrected chi connectivity index (χ4v) is 6.87. The van der Waals surface area contributed by atoms with Gasteiger partial charge in [-0.15, -0.1) is 0 Å². The first-order chi connectivity index (χ1) is 22.7. The molecule has 11 heteroatoms. The van der Waals surface area contributed by atoms with Crippen molar-refractivity contribution in [2.75, 3.05) is 6.54 Å². The van der Waals surface area contributed by atoms with Gasteiger partial charge in [0.1, 0.15) is 11.7 Å². The Morgan fingerprint density at radius 1 is 1.11 bits per heavy atom. The van der Waals surface area contributed by atoms with E-state index in [0.717, 1.165) is 82.4 Å². The molecule has 10 nitrogen and oxygen atoms in total. The Bertz CT molecular complexity index is 1850. The first-order valence-electron chi connectivity index (χ1n) is 16.4. The molecule has 4 heterocycles. The number of amides is 1. The summed E-state index contributed by atoms with van der Waals surface area (Å²) in [4.78, 5) is 47.9. The number of unbranched alkanes of at least 4 members (excludes halogenated alkanes) is 1. The van der Waals surface area contributed by atoms with Gasteiger partial charge in [0.25, 0.3) is 0 Å². The molecule has 0 saturated carbocycles. The minimum Gasteiger partial charge on any atom is -0.361 e. The van der Waals surface area contributed by atoms with Gasteiger partial charge < -0.3 is 4.90 Å². The summed E-state index contributed by atoms with van der Waals surface area (Å²) in [5.74, 6) is 1.39. The number of amidine groups is 1. The average molecular weight is 652 g/mol. The lowest BCUT2D eigenvalue weighted by Gasteiger charge is -2.40. The van der Waals surface area contributed by atoms with Crippen LogP contribution >= 0.6 is 12.2 Å². The molecule has 1 amide bonds. The van der Waals surface area contributed by atoms with Crippen LogP contribution < -0.4 is 5.76 Å². The van der Waals surface area contributed by atoms with Crippen LogP contribution in [0.5, 0.6) is 0 Å². The van der Waals surface area contributed by atoms with Crippen molar-refractivity contribution in [1.29, 1.82) is 0 Å². The number of H-pyrrole nitrogens is 1. The summed E-state index contributed by atoms with van der Waals surface area (Å²) in [5, 5.41) is 3.88. The molecule has 47 heavy (non-hydrogen) atoms. The summed E-state index contributed by atoms with van der Waals surface area (Å²) in [6.07, 6.45) is 5.94. The van der Waals surface area contributed by atoms with Crippen molar-refractivity contribution in [3.63, 3.8) is 0 Å². The zero-order chi connectivity index (χ0) is 33.1. The van der Waals surface area contributed by atoms with Crippen molar-refractivity contribution in [3.8, 4) is 22.5 Å². The van der Waals surface area contributed by atoms with Gasteiger partial charge in [-0.1, -0.05) is 93.1 Å². The van der Waals surface area contributed by atoms with Gasteiger partial charge in [0.2, 0.25) is 5.91 Å². The van der Waals surface area contributed by atoms with Crippen molar-refractivity contribution in [3.05, 3.63) is 87.9 Å². The number of hydrogen-bond donors (Lipinski definition) is 1. The average Bonchev–Trinajstić information content (AvgIpc) is 3.51. The highest BCUT2D eigenvalue weighted by Crippen LogP contribution is 2.33. The summed E-state index contributed by atoms with van der Waals surface area (Å²) in [7, 11) is 0. The molecule has 1 N–H and O–H groups in total. The quantitative estimate of drug-likeness (QED) is 0.203. The Balaban J connectivity index is 1.23. The number of benzene rings is 2. The van der Waals surface area contributed by atoms with E-state index < -0.39 is 5.76 Å². The molecule has 0 saturated heterocycles. The number of thiocarbonyl (C=S) groups is 1. The molecule has 0 bridgehead atoms. The van der Waals surface area contributed by atoms with Crippen molar-refractivity contribution in [1.82, 2.24) is 29.9 Å². The highest BCUT2D eigenvalue weighted by molar-refractivity contribution is 7.80. The van der Waals surface area contributed by atoms with Crippen LogP contribution in [0.2, 0.25) is 0 Å². The zero-order valence-electron chi connectivity index (χ0n) is 27.4. The number of aromatic amines is 1. The highest BCUT2D eigenvalue weighted by Gasteiger charge is 2.40. The van der Waals surface area contributed by atoms with Crippen molar-refractivity contribution in [2.45, 2.75) is 78.9 Å². The number of hydrogen-bond acceptors (Lipinski definition) is 8. The predicted octanol–water partition coefficient (Wildman–Crippen LogP) is 6.14. The lowest BCUT2D eigenvalue weighted by Crippen LogP contribution is -2.51. The van der Waals surface area contributed by atoms with Crippen LogP contribution in [0.25, 0.3) is 22.5 Å². The maximum atomic E-state index is 14.5. The maximum Gasteiger partial charge on any atom is 0.439 e. The smallest absolute Gasteiger partial charge is 0.361 e. The van der Waals surface area contributed by atoms with Gasteiger partial charge in [0.05, 0.1) is 29.2 Å². The number of rotatable bonds is 10. The largest absolute Gasteiger partial charge is 0.439 e. The van der Waals surface area contributed by atoms with Crippen LogP contribution in [0.15, 0.2) is 69.0 Å². The van der Waals surface area contributed by atoms with Crippen LogP contribution in [-0.2, 0) is 24.3 Å². The van der Waals surface area contributed by atoms with Crippen LogP contribution in [-0.4, -0.2) is 59.2 Å². The summed E-state index contributed by atoms with van der Waals surface area (Å²) in [5.41, 5.74) is 5.84. The summed E-state index contributed by atoms with van der Waals surface area (Å²) in [6.45, 7) is 10.2. The molecule has 2 unspecified atom stereocenters. The molecule has 2 atom stereocenters. The lowest BCUT2D eigenvalue weighted by molar-refractivity contribution is -0.134. The number of aliphatic imine (C=N–C) groups is 1. The molecule has 2 aromatic carbocycles. The van der Waals surface area contributed by atoms with E-state index in [1.54, 1.807) is 0 Å². The van der Waals surface area contributed by atoms with Gasteiger partial charge >= 0.3 is 5.76 Å². The number of nitrogens with one attached hydrogen (secondary N) is 1. The lowest BCUT2D eigenvalue weighted by atomic mass is 9.85.